The predicted octanol–water partition coefficient (Wildman–Crippen LogP) is 3.98. The normalized spacial score (nSPS) is 10.7. The summed E-state index contributed by atoms with van der Waals surface area (Å²) in [6, 6.07) is 6.44. The molecule has 0 aliphatic rings. The van der Waals surface area contributed by atoms with Crippen LogP contribution in [0.2, 0.25) is 0 Å². The molecule has 1 N–H and O–H groups in total. The Hall–Kier alpha value is -3.40. The minimum absolute atomic E-state index is 0.0190. The third-order valence-corrected chi connectivity index (χ3v) is 5.14. The fraction of sp³-hybridized carbons (Fsp3) is 0.211. The highest BCUT2D eigenvalue weighted by Gasteiger charge is 2.20. The van der Waals surface area contributed by atoms with Gasteiger partial charge in [-0.15, -0.1) is 16.8 Å². The Morgan fingerprint density at radius 2 is 2.17 bits per heavy atom. The number of hydrogen-bond donors (Lipinski definition) is 1. The molecule has 29 heavy (non-hydrogen) atoms. The number of nitro groups is 1. The summed E-state index contributed by atoms with van der Waals surface area (Å²) in [7, 11) is 0. The average molecular weight is 413 g/mol. The Kier molecular flexibility index (Phi) is 6.13. The summed E-state index contributed by atoms with van der Waals surface area (Å²) in [5.74, 6) is 0.976. The van der Waals surface area contributed by atoms with Crippen molar-refractivity contribution in [1.29, 1.82) is 0 Å². The van der Waals surface area contributed by atoms with Crippen molar-refractivity contribution in [2.75, 3.05) is 11.1 Å². The van der Waals surface area contributed by atoms with E-state index in [1.54, 1.807) is 37.5 Å². The number of thioether (sulfide) groups is 1. The lowest BCUT2D eigenvalue weighted by molar-refractivity contribution is -0.384. The zero-order valence-corrected chi connectivity index (χ0v) is 16.7. The first-order chi connectivity index (χ1) is 13.9. The summed E-state index contributed by atoms with van der Waals surface area (Å²) in [5, 5.41) is 22.8. The number of carbonyl (C=O) groups excluding carboxylic acids is 1. The predicted molar refractivity (Wildman–Crippen MR) is 110 cm³/mol. The molecule has 0 saturated heterocycles. The molecule has 0 spiro atoms. The second-order valence-corrected chi connectivity index (χ2v) is 7.10. The van der Waals surface area contributed by atoms with Crippen LogP contribution >= 0.6 is 11.8 Å². The summed E-state index contributed by atoms with van der Waals surface area (Å²) < 4.78 is 7.17. The molecule has 0 radical (unpaired) electrons. The number of allylic oxidation sites excluding steroid dienone is 1. The van der Waals surface area contributed by atoms with E-state index >= 15 is 0 Å². The minimum atomic E-state index is -0.518. The van der Waals surface area contributed by atoms with Gasteiger partial charge in [-0.1, -0.05) is 30.0 Å². The minimum Gasteiger partial charge on any atom is -0.469 e. The zero-order valence-electron chi connectivity index (χ0n) is 15.9. The topological polar surface area (TPSA) is 116 Å². The molecule has 0 atom stereocenters. The first-order valence-electron chi connectivity index (χ1n) is 8.67. The molecular weight excluding hydrogens is 394 g/mol. The van der Waals surface area contributed by atoms with Gasteiger partial charge in [0.25, 0.3) is 5.69 Å². The highest BCUT2D eigenvalue weighted by molar-refractivity contribution is 7.99. The Morgan fingerprint density at radius 3 is 2.83 bits per heavy atom. The SMILES string of the molecule is C=CCn1c(SCC(=O)Nc2c(C)cccc2[N+](=O)[O-])nnc1-c1ccoc1C. The molecule has 0 saturated carbocycles. The van der Waals surface area contributed by atoms with Crippen molar-refractivity contribution in [2.24, 2.45) is 0 Å². The fourth-order valence-corrected chi connectivity index (χ4v) is 3.53. The second kappa shape index (κ2) is 8.74. The highest BCUT2D eigenvalue weighted by Crippen LogP contribution is 2.29. The van der Waals surface area contributed by atoms with E-state index in [4.69, 9.17) is 4.42 Å². The maximum absolute atomic E-state index is 12.4. The molecule has 3 aromatic rings. The Bertz CT molecular complexity index is 1070. The van der Waals surface area contributed by atoms with Crippen LogP contribution in [0, 0.1) is 24.0 Å². The van der Waals surface area contributed by atoms with Gasteiger partial charge in [0.15, 0.2) is 11.0 Å². The van der Waals surface area contributed by atoms with Gasteiger partial charge in [-0.05, 0) is 25.5 Å². The quantitative estimate of drug-likeness (QED) is 0.257. The van der Waals surface area contributed by atoms with Crippen LogP contribution in [0.15, 0.2) is 52.8 Å². The molecule has 0 fully saturated rings. The summed E-state index contributed by atoms with van der Waals surface area (Å²) in [6.07, 6.45) is 3.29. The van der Waals surface area contributed by atoms with Crippen molar-refractivity contribution in [3.63, 3.8) is 0 Å². The van der Waals surface area contributed by atoms with E-state index in [9.17, 15) is 14.9 Å². The first kappa shape index (κ1) is 20.3. The number of benzene rings is 1. The lowest BCUT2D eigenvalue weighted by Crippen LogP contribution is -2.16. The third-order valence-electron chi connectivity index (χ3n) is 4.17. The zero-order chi connectivity index (χ0) is 21.0. The van der Waals surface area contributed by atoms with Crippen LogP contribution in [0.25, 0.3) is 11.4 Å². The van der Waals surface area contributed by atoms with Gasteiger partial charge in [-0.25, -0.2) is 0 Å². The van der Waals surface area contributed by atoms with Gasteiger partial charge in [-0.3, -0.25) is 19.5 Å². The van der Waals surface area contributed by atoms with Crippen molar-refractivity contribution in [2.45, 2.75) is 25.5 Å². The molecule has 0 unspecified atom stereocenters. The summed E-state index contributed by atoms with van der Waals surface area (Å²) in [6.45, 7) is 7.75. The van der Waals surface area contributed by atoms with Gasteiger partial charge >= 0.3 is 0 Å². The third kappa shape index (κ3) is 4.37. The van der Waals surface area contributed by atoms with Crippen LogP contribution in [0.5, 0.6) is 0 Å². The van der Waals surface area contributed by atoms with E-state index in [0.717, 1.165) is 5.56 Å². The number of aromatic nitrogens is 3. The monoisotopic (exact) mass is 413 g/mol. The molecule has 2 heterocycles. The van der Waals surface area contributed by atoms with Gasteiger partial charge in [-0.2, -0.15) is 0 Å². The number of amides is 1. The van der Waals surface area contributed by atoms with Crippen LogP contribution in [-0.4, -0.2) is 31.3 Å². The molecule has 9 nitrogen and oxygen atoms in total. The van der Waals surface area contributed by atoms with Crippen LogP contribution in [0.4, 0.5) is 11.4 Å². The summed E-state index contributed by atoms with van der Waals surface area (Å²) in [4.78, 5) is 23.1. The van der Waals surface area contributed by atoms with Crippen LogP contribution < -0.4 is 5.32 Å². The van der Waals surface area contributed by atoms with Gasteiger partial charge in [0.2, 0.25) is 5.91 Å². The smallest absolute Gasteiger partial charge is 0.293 e. The van der Waals surface area contributed by atoms with Crippen molar-refractivity contribution >= 4 is 29.0 Å². The maximum atomic E-state index is 12.4. The van der Waals surface area contributed by atoms with Crippen LogP contribution in [0.1, 0.15) is 11.3 Å². The Morgan fingerprint density at radius 1 is 1.38 bits per heavy atom. The Balaban J connectivity index is 1.76. The number of carbonyl (C=O) groups is 1. The number of nitrogens with one attached hydrogen (secondary N) is 1. The van der Waals surface area contributed by atoms with Crippen molar-refractivity contribution < 1.29 is 14.1 Å². The second-order valence-electron chi connectivity index (χ2n) is 6.16. The van der Waals surface area contributed by atoms with Crippen molar-refractivity contribution in [3.05, 3.63) is 64.6 Å². The summed E-state index contributed by atoms with van der Waals surface area (Å²) >= 11 is 1.19. The molecule has 3 rings (SSSR count). The van der Waals surface area contributed by atoms with Crippen LogP contribution in [-0.2, 0) is 11.3 Å². The molecule has 1 aromatic carbocycles. The molecule has 150 valence electrons. The lowest BCUT2D eigenvalue weighted by Gasteiger charge is -2.09. The van der Waals surface area contributed by atoms with Gasteiger partial charge < -0.3 is 9.73 Å². The number of aryl methyl sites for hydroxylation is 2. The lowest BCUT2D eigenvalue weighted by atomic mass is 10.1. The van der Waals surface area contributed by atoms with E-state index in [0.29, 0.717) is 28.8 Å². The summed E-state index contributed by atoms with van der Waals surface area (Å²) in [5.41, 5.74) is 1.48. The molecule has 0 aliphatic carbocycles. The van der Waals surface area contributed by atoms with Gasteiger partial charge in [0.05, 0.1) is 22.5 Å². The number of rotatable bonds is 8. The van der Waals surface area contributed by atoms with E-state index in [2.05, 4.69) is 22.1 Å². The fourth-order valence-electron chi connectivity index (χ4n) is 2.78. The maximum Gasteiger partial charge on any atom is 0.293 e. The van der Waals surface area contributed by atoms with Crippen molar-refractivity contribution in [1.82, 2.24) is 14.8 Å². The molecule has 2 aromatic heterocycles. The average Bonchev–Trinajstić information content (AvgIpc) is 3.27. The number of nitro benzene ring substituents is 1. The van der Waals surface area contributed by atoms with Gasteiger partial charge in [0.1, 0.15) is 11.4 Å². The van der Waals surface area contributed by atoms with E-state index < -0.39 is 4.92 Å². The van der Waals surface area contributed by atoms with E-state index in [1.807, 2.05) is 11.5 Å². The molecule has 10 heteroatoms. The molecular formula is C19H19N5O4S. The molecule has 0 aliphatic heterocycles. The van der Waals surface area contributed by atoms with E-state index in [-0.39, 0.29) is 23.0 Å². The first-order valence-corrected chi connectivity index (χ1v) is 9.66. The standard InChI is InChI=1S/C19H19N5O4S/c1-4-9-23-18(14-8-10-28-13(14)3)21-22-19(23)29-11-16(25)20-17-12(2)6-5-7-15(17)24(26)27/h4-8,10H,1,9,11H2,2-3H3,(H,20,25). The van der Waals surface area contributed by atoms with Crippen molar-refractivity contribution in [3.8, 4) is 11.4 Å². The Labute approximate surface area is 171 Å². The number of nitrogens with zero attached hydrogens (tertiary/aromatic N) is 4. The number of furan rings is 1. The number of hydrogen-bond acceptors (Lipinski definition) is 7. The molecule has 1 amide bonds. The van der Waals surface area contributed by atoms with E-state index in [1.165, 1.54) is 17.8 Å². The van der Waals surface area contributed by atoms with Gasteiger partial charge in [0, 0.05) is 12.6 Å². The number of para-hydroxylation sites is 1. The van der Waals surface area contributed by atoms with Crippen LogP contribution in [0.3, 0.4) is 0 Å². The highest BCUT2D eigenvalue weighted by atomic mass is 32.2. The largest absolute Gasteiger partial charge is 0.469 e. The number of anilines is 1. The molecule has 0 bridgehead atoms.